The molecule has 2 heterocycles. The molecule has 1 spiro atoms. The monoisotopic (exact) mass is 700 g/mol. The summed E-state index contributed by atoms with van der Waals surface area (Å²) in [7, 11) is -3.52. The van der Waals surface area contributed by atoms with Gasteiger partial charge in [0.2, 0.25) is 0 Å². The Morgan fingerprint density at radius 2 is 0.528 bits per heavy atom. The quantitative estimate of drug-likeness (QED) is 0.169. The molecule has 0 fully saturated rings. The molecule has 2 aliphatic heterocycles. The first-order chi connectivity index (χ1) is 25.9. The van der Waals surface area contributed by atoms with Crippen molar-refractivity contribution in [2.24, 2.45) is 0 Å². The first kappa shape index (κ1) is 31.4. The molecule has 8 aromatic rings. The topological polar surface area (TPSA) is 13.0 Å². The zero-order chi connectivity index (χ0) is 35.8. The van der Waals surface area contributed by atoms with Gasteiger partial charge in [0.1, 0.15) is 0 Å². The van der Waals surface area contributed by atoms with Gasteiger partial charge in [-0.2, -0.15) is 0 Å². The lowest BCUT2D eigenvalue weighted by molar-refractivity contribution is 1.17. The molecule has 0 radical (unpaired) electrons. The summed E-state index contributed by atoms with van der Waals surface area (Å²) in [5.74, 6) is 0. The minimum Gasteiger partial charge on any atom is -0.314 e. The maximum Gasteiger partial charge on any atom is 0.521 e. The van der Waals surface area contributed by atoms with E-state index in [1.54, 1.807) is 0 Å². The molecule has 53 heavy (non-hydrogen) atoms. The van der Waals surface area contributed by atoms with E-state index in [0.717, 1.165) is 0 Å². The maximum absolute atomic E-state index is 3.52. The third-order valence-corrected chi connectivity index (χ3v) is 15.3. The van der Waals surface area contributed by atoms with Gasteiger partial charge < -0.3 is 18.3 Å². The molecule has 0 unspecified atom stereocenters. The van der Waals surface area contributed by atoms with E-state index in [1.165, 1.54) is 89.3 Å². The molecule has 8 aromatic carbocycles. The van der Waals surface area contributed by atoms with Crippen LogP contribution in [0, 0.1) is 27.7 Å². The third kappa shape index (κ3) is 4.74. The van der Waals surface area contributed by atoms with Crippen LogP contribution < -0.4 is 18.3 Å². The van der Waals surface area contributed by atoms with Crippen LogP contribution in [0.2, 0.25) is 0 Å². The van der Waals surface area contributed by atoms with Crippen molar-refractivity contribution in [3.63, 3.8) is 0 Å². The summed E-state index contributed by atoms with van der Waals surface area (Å²) in [5, 5.41) is 4.91. The van der Waals surface area contributed by atoms with Crippen LogP contribution in [0.4, 0.5) is 45.5 Å². The third-order valence-electron chi connectivity index (χ3n) is 10.9. The van der Waals surface area contributed by atoms with Crippen molar-refractivity contribution in [3.8, 4) is 0 Å². The standard InChI is InChI=1S/C48H40N4Si/c1-33-13-9-21-41(25-33)49-45-29-37-17-5-6-18-38(37)30-46(45)50(42-22-10-14-34(2)26-42)53(49)51(43-23-11-15-35(3)27-43)47-31-39-19-7-8-20-40(39)32-48(47)52(53)44-24-12-16-36(4)28-44/h5-32H,1-4H3. The Morgan fingerprint density at radius 1 is 0.283 bits per heavy atom. The van der Waals surface area contributed by atoms with Crippen molar-refractivity contribution < 1.29 is 0 Å². The first-order valence-corrected chi connectivity index (χ1v) is 20.2. The summed E-state index contributed by atoms with van der Waals surface area (Å²) < 4.78 is 10.9. The van der Waals surface area contributed by atoms with Crippen molar-refractivity contribution in [1.29, 1.82) is 0 Å². The van der Waals surface area contributed by atoms with E-state index in [9.17, 15) is 0 Å². The van der Waals surface area contributed by atoms with Crippen molar-refractivity contribution in [3.05, 3.63) is 192 Å². The highest BCUT2D eigenvalue weighted by molar-refractivity contribution is 6.99. The van der Waals surface area contributed by atoms with E-state index in [4.69, 9.17) is 0 Å². The average molecular weight is 701 g/mol. The van der Waals surface area contributed by atoms with Crippen LogP contribution in [-0.2, 0) is 0 Å². The second-order valence-corrected chi connectivity index (χ2v) is 17.7. The number of rotatable bonds is 4. The van der Waals surface area contributed by atoms with E-state index in [1.807, 2.05) is 0 Å². The number of hydrogen-bond donors (Lipinski definition) is 0. The van der Waals surface area contributed by atoms with Crippen LogP contribution >= 0.6 is 0 Å². The van der Waals surface area contributed by atoms with Gasteiger partial charge in [-0.05, 0) is 144 Å². The molecule has 0 bridgehead atoms. The highest BCUT2D eigenvalue weighted by atomic mass is 28.4. The molecule has 0 saturated heterocycles. The van der Waals surface area contributed by atoms with E-state index >= 15 is 0 Å². The lowest BCUT2D eigenvalue weighted by atomic mass is 10.1. The first-order valence-electron chi connectivity index (χ1n) is 18.4. The average Bonchev–Trinajstić information content (AvgIpc) is 3.60. The summed E-state index contributed by atoms with van der Waals surface area (Å²) >= 11 is 0. The van der Waals surface area contributed by atoms with Gasteiger partial charge in [-0.15, -0.1) is 0 Å². The predicted octanol–water partition coefficient (Wildman–Crippen LogP) is 12.9. The smallest absolute Gasteiger partial charge is 0.314 e. The summed E-state index contributed by atoms with van der Waals surface area (Å²) in [4.78, 5) is 0. The lowest BCUT2D eigenvalue weighted by Gasteiger charge is -2.49. The predicted molar refractivity (Wildman–Crippen MR) is 227 cm³/mol. The number of hydrogen-bond acceptors (Lipinski definition) is 4. The minimum atomic E-state index is -3.52. The molecule has 0 aromatic heterocycles. The highest BCUT2D eigenvalue weighted by Crippen LogP contribution is 2.63. The van der Waals surface area contributed by atoms with Crippen LogP contribution in [0.3, 0.4) is 0 Å². The number of aryl methyl sites for hydroxylation is 4. The Labute approximate surface area is 312 Å². The highest BCUT2D eigenvalue weighted by Gasteiger charge is 2.70. The lowest BCUT2D eigenvalue weighted by Crippen LogP contribution is -2.76. The van der Waals surface area contributed by atoms with Crippen LogP contribution in [0.5, 0.6) is 0 Å². The van der Waals surface area contributed by atoms with Gasteiger partial charge in [0.15, 0.2) is 0 Å². The molecule has 256 valence electrons. The van der Waals surface area contributed by atoms with Gasteiger partial charge in [0.05, 0.1) is 22.7 Å². The van der Waals surface area contributed by atoms with Gasteiger partial charge >= 0.3 is 8.72 Å². The van der Waals surface area contributed by atoms with Crippen LogP contribution in [0.15, 0.2) is 170 Å². The molecular formula is C48H40N4Si. The normalized spacial score (nSPS) is 14.4. The Morgan fingerprint density at radius 3 is 0.755 bits per heavy atom. The van der Waals surface area contributed by atoms with Crippen LogP contribution in [0.25, 0.3) is 21.5 Å². The Hall–Kier alpha value is -6.30. The van der Waals surface area contributed by atoms with Crippen molar-refractivity contribution >= 4 is 75.8 Å². The second-order valence-electron chi connectivity index (χ2n) is 14.7. The summed E-state index contributed by atoms with van der Waals surface area (Å²) in [5.41, 5.74) is 14.4. The number of nitrogens with zero attached hydrogens (tertiary/aromatic N) is 4. The number of fused-ring (bicyclic) bond motifs is 4. The SMILES string of the molecule is Cc1cccc(N2c3cc4ccccc4cc3N(c3cccc(C)c3)[Si]23N(c2cccc(C)c2)c2cc4ccccc4cc2N3c2cccc(C)c2)c1. The molecule has 0 aliphatic carbocycles. The molecule has 0 N–H and O–H groups in total. The van der Waals surface area contributed by atoms with Crippen LogP contribution in [0.1, 0.15) is 22.3 Å². The Balaban J connectivity index is 1.45. The minimum absolute atomic E-state index is 1.18. The fourth-order valence-electron chi connectivity index (χ4n) is 8.71. The summed E-state index contributed by atoms with van der Waals surface area (Å²) in [6.07, 6.45) is 0. The summed E-state index contributed by atoms with van der Waals surface area (Å²) in [6.45, 7) is 8.83. The maximum atomic E-state index is 2.74. The van der Waals surface area contributed by atoms with Crippen molar-refractivity contribution in [2.75, 3.05) is 18.3 Å². The van der Waals surface area contributed by atoms with E-state index in [-0.39, 0.29) is 0 Å². The molecule has 0 atom stereocenters. The van der Waals surface area contributed by atoms with E-state index in [0.29, 0.717) is 0 Å². The second kappa shape index (κ2) is 11.9. The molecule has 0 saturated carbocycles. The number of benzene rings is 8. The molecule has 2 aliphatic rings. The largest absolute Gasteiger partial charge is 0.521 e. The van der Waals surface area contributed by atoms with E-state index < -0.39 is 8.72 Å². The molecular weight excluding hydrogens is 661 g/mol. The van der Waals surface area contributed by atoms with Crippen molar-refractivity contribution in [2.45, 2.75) is 27.7 Å². The number of anilines is 8. The van der Waals surface area contributed by atoms with Gasteiger partial charge in [-0.3, -0.25) is 0 Å². The zero-order valence-electron chi connectivity index (χ0n) is 30.5. The van der Waals surface area contributed by atoms with Gasteiger partial charge in [-0.1, -0.05) is 97.1 Å². The van der Waals surface area contributed by atoms with Gasteiger partial charge in [-0.25, -0.2) is 0 Å². The fraction of sp³-hybridized carbons (Fsp3) is 0.0833. The van der Waals surface area contributed by atoms with Gasteiger partial charge in [0, 0.05) is 22.7 Å². The zero-order valence-corrected chi connectivity index (χ0v) is 31.5. The molecule has 4 nitrogen and oxygen atoms in total. The van der Waals surface area contributed by atoms with Crippen LogP contribution in [-0.4, -0.2) is 8.72 Å². The van der Waals surface area contributed by atoms with Gasteiger partial charge in [0.25, 0.3) is 0 Å². The summed E-state index contributed by atoms with van der Waals surface area (Å²) in [6, 6.07) is 63.8. The fourth-order valence-corrected chi connectivity index (χ4v) is 13.9. The van der Waals surface area contributed by atoms with Crippen molar-refractivity contribution in [1.82, 2.24) is 0 Å². The Kier molecular flexibility index (Phi) is 7.04. The van der Waals surface area contributed by atoms with E-state index in [2.05, 4.69) is 216 Å². The molecule has 0 amide bonds. The molecule has 5 heteroatoms. The Bertz CT molecular complexity index is 2360. The molecule has 10 rings (SSSR count).